The van der Waals surface area contributed by atoms with Crippen LogP contribution in [0.3, 0.4) is 0 Å². The molecule has 1 N–H and O–H groups in total. The van der Waals surface area contributed by atoms with Gasteiger partial charge in [0.05, 0.1) is 19.3 Å². The quantitative estimate of drug-likeness (QED) is 0.680. The first kappa shape index (κ1) is 21.8. The van der Waals surface area contributed by atoms with E-state index < -0.39 is 5.60 Å². The number of piperidine rings is 1. The molecule has 0 saturated carbocycles. The zero-order valence-corrected chi connectivity index (χ0v) is 18.3. The molecule has 0 aromatic heterocycles. The molecule has 0 radical (unpaired) electrons. The summed E-state index contributed by atoms with van der Waals surface area (Å²) in [6.45, 7) is 4.50. The minimum absolute atomic E-state index is 0.0776. The van der Waals surface area contributed by atoms with Gasteiger partial charge >= 0.3 is 5.97 Å². The minimum Gasteiger partial charge on any atom is -0.464 e. The van der Waals surface area contributed by atoms with E-state index in [2.05, 4.69) is 53.9 Å². The van der Waals surface area contributed by atoms with Gasteiger partial charge in [0, 0.05) is 26.0 Å². The van der Waals surface area contributed by atoms with E-state index in [-0.39, 0.29) is 18.0 Å². The lowest BCUT2D eigenvalue weighted by Gasteiger charge is -2.36. The first-order chi connectivity index (χ1) is 15.1. The number of esters is 1. The van der Waals surface area contributed by atoms with Crippen molar-refractivity contribution in [2.75, 3.05) is 26.8 Å². The number of rotatable bonds is 7. The fraction of sp³-hybridized carbons (Fsp3) is 0.423. The summed E-state index contributed by atoms with van der Waals surface area (Å²) in [7, 11) is 1.56. The molecule has 1 aliphatic carbocycles. The Bertz CT molecular complexity index is 982. The molecule has 2 aromatic rings. The van der Waals surface area contributed by atoms with Crippen LogP contribution in [-0.2, 0) is 25.6 Å². The van der Waals surface area contributed by atoms with Gasteiger partial charge in [-0.2, -0.15) is 0 Å². The zero-order valence-electron chi connectivity index (χ0n) is 18.3. The van der Waals surface area contributed by atoms with E-state index in [4.69, 9.17) is 14.2 Å². The Morgan fingerprint density at radius 2 is 2.03 bits per heavy atom. The minimum atomic E-state index is -1.02. The second-order valence-corrected chi connectivity index (χ2v) is 8.19. The molecule has 2 aliphatic rings. The van der Waals surface area contributed by atoms with Gasteiger partial charge in [-0.15, -0.1) is 0 Å². The summed E-state index contributed by atoms with van der Waals surface area (Å²) in [5.74, 6) is -0.0477. The molecule has 5 heteroatoms. The summed E-state index contributed by atoms with van der Waals surface area (Å²) < 4.78 is 17.2. The van der Waals surface area contributed by atoms with Gasteiger partial charge in [-0.1, -0.05) is 48.6 Å². The first-order valence-corrected chi connectivity index (χ1v) is 11.1. The van der Waals surface area contributed by atoms with Gasteiger partial charge in [-0.3, -0.25) is 0 Å². The number of benzene rings is 2. The Morgan fingerprint density at radius 3 is 2.77 bits per heavy atom. The highest BCUT2D eigenvalue weighted by Crippen LogP contribution is 2.33. The molecule has 1 heterocycles. The molecule has 1 fully saturated rings. The largest absolute Gasteiger partial charge is 0.464 e. The summed E-state index contributed by atoms with van der Waals surface area (Å²) in [5.41, 5.74) is 1.37. The van der Waals surface area contributed by atoms with Gasteiger partial charge in [0.15, 0.2) is 5.60 Å². The molecule has 164 valence electrons. The number of ether oxygens (including phenoxy) is 3. The third kappa shape index (κ3) is 4.74. The maximum absolute atomic E-state index is 12.4. The zero-order chi connectivity index (χ0) is 21.7. The van der Waals surface area contributed by atoms with Crippen molar-refractivity contribution in [1.29, 1.82) is 0 Å². The number of carbonyl (C=O) groups excluding carboxylic acids is 1. The molecule has 0 spiro atoms. The van der Waals surface area contributed by atoms with Crippen LogP contribution in [0.4, 0.5) is 0 Å². The van der Waals surface area contributed by atoms with Crippen LogP contribution >= 0.6 is 0 Å². The van der Waals surface area contributed by atoms with Crippen molar-refractivity contribution in [1.82, 2.24) is 5.32 Å². The van der Waals surface area contributed by atoms with E-state index in [0.717, 1.165) is 19.5 Å². The SMILES string of the molecule is CCOC(=O)C1(OC)C=CC(C2CCNCC2OCc2ccc3ccccc3c2)=CC1. The highest BCUT2D eigenvalue weighted by molar-refractivity contribution is 5.83. The summed E-state index contributed by atoms with van der Waals surface area (Å²) in [5, 5.41) is 5.93. The van der Waals surface area contributed by atoms with Crippen molar-refractivity contribution in [3.8, 4) is 0 Å². The average molecular weight is 422 g/mol. The summed E-state index contributed by atoms with van der Waals surface area (Å²) >= 11 is 0. The summed E-state index contributed by atoms with van der Waals surface area (Å²) in [4.78, 5) is 12.4. The molecule has 0 amide bonds. The number of carbonyl (C=O) groups is 1. The lowest BCUT2D eigenvalue weighted by Crippen LogP contribution is -2.44. The van der Waals surface area contributed by atoms with Crippen LogP contribution in [0.5, 0.6) is 0 Å². The van der Waals surface area contributed by atoms with E-state index in [1.807, 2.05) is 19.1 Å². The maximum Gasteiger partial charge on any atom is 0.342 e. The van der Waals surface area contributed by atoms with Crippen molar-refractivity contribution in [2.45, 2.75) is 38.1 Å². The highest BCUT2D eigenvalue weighted by atomic mass is 16.6. The van der Waals surface area contributed by atoms with Crippen molar-refractivity contribution >= 4 is 16.7 Å². The van der Waals surface area contributed by atoms with Crippen molar-refractivity contribution < 1.29 is 19.0 Å². The van der Waals surface area contributed by atoms with E-state index in [1.54, 1.807) is 7.11 Å². The van der Waals surface area contributed by atoms with Gasteiger partial charge in [0.25, 0.3) is 0 Å². The molecule has 31 heavy (non-hydrogen) atoms. The van der Waals surface area contributed by atoms with Crippen LogP contribution < -0.4 is 5.32 Å². The summed E-state index contributed by atoms with van der Waals surface area (Å²) in [6.07, 6.45) is 7.54. The Hall–Kier alpha value is -2.47. The smallest absolute Gasteiger partial charge is 0.342 e. The number of methoxy groups -OCH3 is 1. The fourth-order valence-corrected chi connectivity index (χ4v) is 4.47. The Balaban J connectivity index is 1.44. The maximum atomic E-state index is 12.4. The number of nitrogens with one attached hydrogen (secondary N) is 1. The lowest BCUT2D eigenvalue weighted by atomic mass is 9.81. The van der Waals surface area contributed by atoms with Crippen molar-refractivity contribution in [3.05, 3.63) is 71.8 Å². The Kier molecular flexibility index (Phi) is 6.86. The molecule has 5 nitrogen and oxygen atoms in total. The topological polar surface area (TPSA) is 56.8 Å². The van der Waals surface area contributed by atoms with Crippen LogP contribution in [0.15, 0.2) is 66.3 Å². The highest BCUT2D eigenvalue weighted by Gasteiger charge is 2.39. The van der Waals surface area contributed by atoms with Crippen LogP contribution in [0, 0.1) is 5.92 Å². The molecule has 4 rings (SSSR count). The second kappa shape index (κ2) is 9.77. The molecule has 1 saturated heterocycles. The van der Waals surface area contributed by atoms with Crippen LogP contribution in [0.2, 0.25) is 0 Å². The van der Waals surface area contributed by atoms with Crippen LogP contribution in [-0.4, -0.2) is 44.5 Å². The Labute approximate surface area is 184 Å². The third-order valence-corrected chi connectivity index (χ3v) is 6.30. The predicted octanol–water partition coefficient (Wildman–Crippen LogP) is 4.17. The molecular weight excluding hydrogens is 390 g/mol. The van der Waals surface area contributed by atoms with Gasteiger partial charge in [0.1, 0.15) is 0 Å². The van der Waals surface area contributed by atoms with Crippen molar-refractivity contribution in [2.24, 2.45) is 5.92 Å². The normalized spacial score (nSPS) is 25.9. The van der Waals surface area contributed by atoms with Crippen LogP contribution in [0.25, 0.3) is 10.8 Å². The molecule has 0 bridgehead atoms. The van der Waals surface area contributed by atoms with E-state index in [1.165, 1.54) is 21.9 Å². The number of hydrogen-bond acceptors (Lipinski definition) is 5. The summed E-state index contributed by atoms with van der Waals surface area (Å²) in [6, 6.07) is 14.9. The number of hydrogen-bond donors (Lipinski definition) is 1. The average Bonchev–Trinajstić information content (AvgIpc) is 2.83. The number of fused-ring (bicyclic) bond motifs is 1. The molecule has 2 aromatic carbocycles. The third-order valence-electron chi connectivity index (χ3n) is 6.30. The molecule has 3 atom stereocenters. The van der Waals surface area contributed by atoms with Crippen LogP contribution in [0.1, 0.15) is 25.3 Å². The first-order valence-electron chi connectivity index (χ1n) is 11.1. The number of allylic oxidation sites excluding steroid dienone is 1. The van der Waals surface area contributed by atoms with E-state index >= 15 is 0 Å². The molecular formula is C26H31NO4. The van der Waals surface area contributed by atoms with Gasteiger partial charge in [-0.05, 0) is 53.9 Å². The fourth-order valence-electron chi connectivity index (χ4n) is 4.47. The van der Waals surface area contributed by atoms with E-state index in [9.17, 15) is 4.79 Å². The van der Waals surface area contributed by atoms with Gasteiger partial charge < -0.3 is 19.5 Å². The Morgan fingerprint density at radius 1 is 1.19 bits per heavy atom. The molecule has 1 aliphatic heterocycles. The van der Waals surface area contributed by atoms with Crippen molar-refractivity contribution in [3.63, 3.8) is 0 Å². The van der Waals surface area contributed by atoms with E-state index in [0.29, 0.717) is 19.6 Å². The second-order valence-electron chi connectivity index (χ2n) is 8.19. The van der Waals surface area contributed by atoms with Gasteiger partial charge in [0.2, 0.25) is 0 Å². The predicted molar refractivity (Wildman–Crippen MR) is 122 cm³/mol. The standard InChI is InChI=1S/C26H31NO4/c1-3-30-25(28)26(29-2)13-10-21(11-14-26)23-12-15-27-17-24(23)31-18-19-8-9-20-6-4-5-7-22(20)16-19/h4-11,13,16,23-24,27H,3,12,14-15,17-18H2,1-2H3. The lowest BCUT2D eigenvalue weighted by molar-refractivity contribution is -0.162. The monoisotopic (exact) mass is 421 g/mol. The van der Waals surface area contributed by atoms with Gasteiger partial charge in [-0.25, -0.2) is 4.79 Å². The molecule has 3 unspecified atom stereocenters.